The molecular weight excluding hydrogens is 445 g/mol. The number of hydrogen-bond donors (Lipinski definition) is 2. The number of nitrogens with one attached hydrogen (secondary N) is 2. The highest BCUT2D eigenvalue weighted by molar-refractivity contribution is 7.92. The van der Waals surface area contributed by atoms with Crippen LogP contribution in [0.5, 0.6) is 5.75 Å². The molecule has 1 amide bonds. The van der Waals surface area contributed by atoms with Gasteiger partial charge in [-0.2, -0.15) is 13.2 Å². The first-order chi connectivity index (χ1) is 15.0. The van der Waals surface area contributed by atoms with E-state index in [4.69, 9.17) is 0 Å². The van der Waals surface area contributed by atoms with Crippen LogP contribution >= 0.6 is 0 Å². The number of anilines is 2. The highest BCUT2D eigenvalue weighted by atomic mass is 32.2. The van der Waals surface area contributed by atoms with Crippen molar-refractivity contribution >= 4 is 27.3 Å². The summed E-state index contributed by atoms with van der Waals surface area (Å²) in [7, 11) is -3.75. The topological polar surface area (TPSA) is 84.5 Å². The maximum Gasteiger partial charge on any atom is 0.422 e. The van der Waals surface area contributed by atoms with Gasteiger partial charge in [0, 0.05) is 16.9 Å². The number of sulfonamides is 1. The van der Waals surface area contributed by atoms with E-state index in [1.54, 1.807) is 12.1 Å². The average Bonchev–Trinajstić information content (AvgIpc) is 2.73. The summed E-state index contributed by atoms with van der Waals surface area (Å²) in [5.41, 5.74) is 1.88. The highest BCUT2D eigenvalue weighted by Crippen LogP contribution is 2.21. The molecule has 3 aromatic rings. The second kappa shape index (κ2) is 9.31. The van der Waals surface area contributed by atoms with E-state index >= 15 is 0 Å². The number of amides is 1. The summed E-state index contributed by atoms with van der Waals surface area (Å²) in [6.45, 7) is 0.436. The lowest BCUT2D eigenvalue weighted by atomic mass is 10.2. The molecule has 32 heavy (non-hydrogen) atoms. The Bertz CT molecular complexity index is 1180. The molecule has 0 bridgehead atoms. The predicted octanol–water partition coefficient (Wildman–Crippen LogP) is 4.99. The number of ether oxygens (including phenoxy) is 1. The van der Waals surface area contributed by atoms with E-state index in [9.17, 15) is 26.4 Å². The van der Waals surface area contributed by atoms with Crippen molar-refractivity contribution in [2.75, 3.05) is 16.6 Å². The quantitative estimate of drug-likeness (QED) is 0.516. The van der Waals surface area contributed by atoms with Gasteiger partial charge in [-0.15, -0.1) is 0 Å². The number of halogens is 3. The van der Waals surface area contributed by atoms with Gasteiger partial charge in [0.15, 0.2) is 6.61 Å². The second-order valence-electron chi connectivity index (χ2n) is 6.88. The number of rotatable bonds is 7. The first-order valence-electron chi connectivity index (χ1n) is 9.32. The monoisotopic (exact) mass is 464 g/mol. The molecule has 0 spiro atoms. The van der Waals surface area contributed by atoms with E-state index in [0.29, 0.717) is 11.4 Å². The Hall–Kier alpha value is -3.53. The maximum absolute atomic E-state index is 12.4. The van der Waals surface area contributed by atoms with E-state index < -0.39 is 28.7 Å². The van der Waals surface area contributed by atoms with E-state index in [2.05, 4.69) is 14.8 Å². The zero-order valence-electron chi connectivity index (χ0n) is 16.8. The third kappa shape index (κ3) is 6.48. The van der Waals surface area contributed by atoms with Gasteiger partial charge in [-0.25, -0.2) is 8.42 Å². The molecule has 0 aliphatic rings. The van der Waals surface area contributed by atoms with Gasteiger partial charge in [-0.05, 0) is 67.6 Å². The standard InChI is InChI=1S/C22H19F3N2O4S/c1-15-2-12-20(13-3-15)32(29,30)27-18-8-6-17(7-9-18)26-21(28)16-4-10-19(11-5-16)31-14-22(23,24)25/h2-13,27H,14H2,1H3,(H,26,28). The largest absolute Gasteiger partial charge is 0.484 e. The molecule has 168 valence electrons. The lowest BCUT2D eigenvalue weighted by Crippen LogP contribution is -2.19. The molecule has 0 saturated carbocycles. The first-order valence-corrected chi connectivity index (χ1v) is 10.8. The molecule has 0 aromatic heterocycles. The van der Waals surface area contributed by atoms with Crippen molar-refractivity contribution in [1.82, 2.24) is 0 Å². The predicted molar refractivity (Wildman–Crippen MR) is 114 cm³/mol. The van der Waals surface area contributed by atoms with Crippen molar-refractivity contribution in [2.24, 2.45) is 0 Å². The van der Waals surface area contributed by atoms with Gasteiger partial charge < -0.3 is 10.1 Å². The minimum atomic E-state index is -4.45. The van der Waals surface area contributed by atoms with Gasteiger partial charge in [0.05, 0.1) is 4.90 Å². The van der Waals surface area contributed by atoms with Crippen molar-refractivity contribution in [3.8, 4) is 5.75 Å². The molecule has 3 rings (SSSR count). The summed E-state index contributed by atoms with van der Waals surface area (Å²) in [6.07, 6.45) is -4.45. The summed E-state index contributed by atoms with van der Waals surface area (Å²) >= 11 is 0. The molecule has 0 aliphatic heterocycles. The van der Waals surface area contributed by atoms with Crippen LogP contribution in [-0.2, 0) is 10.0 Å². The van der Waals surface area contributed by atoms with Crippen LogP contribution < -0.4 is 14.8 Å². The summed E-state index contributed by atoms with van der Waals surface area (Å²) in [5, 5.41) is 2.62. The average molecular weight is 464 g/mol. The summed E-state index contributed by atoms with van der Waals surface area (Å²) in [4.78, 5) is 12.5. The molecule has 2 N–H and O–H groups in total. The van der Waals surface area contributed by atoms with Gasteiger partial charge >= 0.3 is 6.18 Å². The highest BCUT2D eigenvalue weighted by Gasteiger charge is 2.28. The smallest absolute Gasteiger partial charge is 0.422 e. The molecule has 3 aromatic carbocycles. The first kappa shape index (κ1) is 23.1. The van der Waals surface area contributed by atoms with Crippen molar-refractivity contribution < 1.29 is 31.1 Å². The summed E-state index contributed by atoms with van der Waals surface area (Å²) < 4.78 is 68.5. The lowest BCUT2D eigenvalue weighted by molar-refractivity contribution is -0.153. The van der Waals surface area contributed by atoms with Crippen LogP contribution in [0.3, 0.4) is 0 Å². The number of hydrogen-bond acceptors (Lipinski definition) is 4. The third-order valence-electron chi connectivity index (χ3n) is 4.25. The zero-order valence-corrected chi connectivity index (χ0v) is 17.6. The molecule has 0 atom stereocenters. The van der Waals surface area contributed by atoms with Crippen LogP contribution in [0.25, 0.3) is 0 Å². The number of benzene rings is 3. The fraction of sp³-hybridized carbons (Fsp3) is 0.136. The van der Waals surface area contributed by atoms with Crippen LogP contribution in [0, 0.1) is 6.92 Å². The van der Waals surface area contributed by atoms with Gasteiger partial charge in [-0.3, -0.25) is 9.52 Å². The van der Waals surface area contributed by atoms with Gasteiger partial charge in [-0.1, -0.05) is 17.7 Å². The van der Waals surface area contributed by atoms with E-state index in [0.717, 1.165) is 5.56 Å². The number of alkyl halides is 3. The third-order valence-corrected chi connectivity index (χ3v) is 5.64. The SMILES string of the molecule is Cc1ccc(S(=O)(=O)Nc2ccc(NC(=O)c3ccc(OCC(F)(F)F)cc3)cc2)cc1. The molecule has 0 aliphatic carbocycles. The fourth-order valence-corrected chi connectivity index (χ4v) is 3.68. The van der Waals surface area contributed by atoms with Crippen molar-refractivity contribution in [3.05, 3.63) is 83.9 Å². The normalized spacial score (nSPS) is 11.6. The van der Waals surface area contributed by atoms with Gasteiger partial charge in [0.2, 0.25) is 0 Å². The number of aryl methyl sites for hydroxylation is 1. The van der Waals surface area contributed by atoms with Gasteiger partial charge in [0.25, 0.3) is 15.9 Å². The molecular formula is C22H19F3N2O4S. The van der Waals surface area contributed by atoms with Crippen LogP contribution in [-0.4, -0.2) is 27.1 Å². The van der Waals surface area contributed by atoms with E-state index in [1.165, 1.54) is 60.7 Å². The Morgan fingerprint density at radius 1 is 0.875 bits per heavy atom. The Kier molecular flexibility index (Phi) is 6.73. The minimum Gasteiger partial charge on any atom is -0.484 e. The van der Waals surface area contributed by atoms with Crippen molar-refractivity contribution in [3.63, 3.8) is 0 Å². The Morgan fingerprint density at radius 2 is 1.44 bits per heavy atom. The second-order valence-corrected chi connectivity index (χ2v) is 8.56. The van der Waals surface area contributed by atoms with Crippen LogP contribution in [0.4, 0.5) is 24.5 Å². The molecule has 0 heterocycles. The Balaban J connectivity index is 1.60. The maximum atomic E-state index is 12.4. The molecule has 6 nitrogen and oxygen atoms in total. The molecule has 0 fully saturated rings. The van der Waals surface area contributed by atoms with Crippen LogP contribution in [0.15, 0.2) is 77.7 Å². The molecule has 10 heteroatoms. The minimum absolute atomic E-state index is 0.0101. The molecule has 0 unspecified atom stereocenters. The lowest BCUT2D eigenvalue weighted by Gasteiger charge is -2.11. The number of carbonyl (C=O) groups excluding carboxylic acids is 1. The fourth-order valence-electron chi connectivity index (χ4n) is 2.62. The van der Waals surface area contributed by atoms with Crippen molar-refractivity contribution in [1.29, 1.82) is 0 Å². The van der Waals surface area contributed by atoms with Crippen molar-refractivity contribution in [2.45, 2.75) is 18.0 Å². The number of carbonyl (C=O) groups is 1. The Morgan fingerprint density at radius 3 is 2.00 bits per heavy atom. The zero-order chi connectivity index (χ0) is 23.4. The molecule has 0 radical (unpaired) electrons. The summed E-state index contributed by atoms with van der Waals surface area (Å²) in [6, 6.07) is 17.6. The van der Waals surface area contributed by atoms with E-state index in [-0.39, 0.29) is 16.2 Å². The van der Waals surface area contributed by atoms with Gasteiger partial charge in [0.1, 0.15) is 5.75 Å². The summed E-state index contributed by atoms with van der Waals surface area (Å²) in [5.74, 6) is -0.496. The Labute approximate surface area is 183 Å². The van der Waals surface area contributed by atoms with E-state index in [1.807, 2.05) is 6.92 Å². The van der Waals surface area contributed by atoms with Crippen LogP contribution in [0.1, 0.15) is 15.9 Å². The molecule has 0 saturated heterocycles. The van der Waals surface area contributed by atoms with Crippen LogP contribution in [0.2, 0.25) is 0 Å².